The molecule has 2 unspecified atom stereocenters. The number of hydrogen-bond donors (Lipinski definition) is 1. The molecule has 190 valence electrons. The van der Waals surface area contributed by atoms with Crippen LogP contribution in [0.15, 0.2) is 66.7 Å². The zero-order valence-corrected chi connectivity index (χ0v) is 21.4. The molecular weight excluding hydrogens is 467 g/mol. The maximum atomic E-state index is 13.4. The van der Waals surface area contributed by atoms with Gasteiger partial charge in [-0.15, -0.1) is 0 Å². The first-order valence-electron chi connectivity index (χ1n) is 12.8. The van der Waals surface area contributed by atoms with Gasteiger partial charge in [0.05, 0.1) is 17.5 Å². The van der Waals surface area contributed by atoms with Gasteiger partial charge in [-0.1, -0.05) is 12.1 Å². The van der Waals surface area contributed by atoms with E-state index in [-0.39, 0.29) is 29.7 Å². The predicted octanol–water partition coefficient (Wildman–Crippen LogP) is 6.06. The average molecular weight is 499 g/mol. The lowest BCUT2D eigenvalue weighted by Gasteiger charge is -2.39. The van der Waals surface area contributed by atoms with Crippen LogP contribution in [0.1, 0.15) is 54.9 Å². The highest BCUT2D eigenvalue weighted by molar-refractivity contribution is 6.06. The number of halogens is 1. The molecule has 2 heterocycles. The highest BCUT2D eigenvalue weighted by atomic mass is 19.1. The summed E-state index contributed by atoms with van der Waals surface area (Å²) >= 11 is 0. The summed E-state index contributed by atoms with van der Waals surface area (Å²) < 4.78 is 15.3. The van der Waals surface area contributed by atoms with Crippen LogP contribution in [0.3, 0.4) is 0 Å². The number of rotatable bonds is 5. The lowest BCUT2D eigenvalue weighted by atomic mass is 9.96. The fraction of sp³-hybridized carbons (Fsp3) is 0.300. The van der Waals surface area contributed by atoms with E-state index in [0.717, 1.165) is 41.0 Å². The molecule has 3 aromatic carbocycles. The molecule has 0 spiro atoms. The van der Waals surface area contributed by atoms with Crippen molar-refractivity contribution in [2.75, 3.05) is 5.32 Å². The van der Waals surface area contributed by atoms with Crippen LogP contribution in [0.25, 0.3) is 16.7 Å². The quantitative estimate of drug-likeness (QED) is 0.364. The Bertz CT molecular complexity index is 1430. The standard InChI is InChI=1S/C30H31FN4O2/c1-19-5-4-6-20(2)34(19)29(36)17-22-7-12-25(13-8-22)33-30(37)23-9-16-27-28(18-23)35(21(3)32-27)26-14-10-24(31)11-15-26/h7-16,18-20H,4-6,17H2,1-3H3,(H,33,37). The second-order valence-corrected chi connectivity index (χ2v) is 9.93. The summed E-state index contributed by atoms with van der Waals surface area (Å²) in [7, 11) is 0. The largest absolute Gasteiger partial charge is 0.337 e. The van der Waals surface area contributed by atoms with Gasteiger partial charge in [0.25, 0.3) is 5.91 Å². The summed E-state index contributed by atoms with van der Waals surface area (Å²) in [6.45, 7) is 6.12. The molecule has 0 aliphatic carbocycles. The molecule has 0 bridgehead atoms. The molecule has 1 aliphatic heterocycles. The summed E-state index contributed by atoms with van der Waals surface area (Å²) in [6.07, 6.45) is 3.63. The third-order valence-corrected chi connectivity index (χ3v) is 7.22. The Kier molecular flexibility index (Phi) is 6.78. The minimum atomic E-state index is -0.308. The van der Waals surface area contributed by atoms with Crippen LogP contribution in [0.2, 0.25) is 0 Å². The Hall–Kier alpha value is -4.00. The predicted molar refractivity (Wildman–Crippen MR) is 143 cm³/mol. The number of benzene rings is 3. The van der Waals surface area contributed by atoms with Crippen LogP contribution in [0, 0.1) is 12.7 Å². The van der Waals surface area contributed by atoms with Gasteiger partial charge in [0.2, 0.25) is 5.91 Å². The minimum absolute atomic E-state index is 0.151. The number of nitrogens with zero attached hydrogens (tertiary/aromatic N) is 3. The van der Waals surface area contributed by atoms with Crippen LogP contribution < -0.4 is 5.32 Å². The van der Waals surface area contributed by atoms with Crippen LogP contribution in [0.5, 0.6) is 0 Å². The molecule has 1 aliphatic rings. The number of aryl methyl sites for hydroxylation is 1. The number of imidazole rings is 1. The zero-order valence-electron chi connectivity index (χ0n) is 21.4. The van der Waals surface area contributed by atoms with Gasteiger partial charge in [-0.25, -0.2) is 9.37 Å². The second-order valence-electron chi connectivity index (χ2n) is 9.93. The lowest BCUT2D eigenvalue weighted by molar-refractivity contribution is -0.136. The Balaban J connectivity index is 1.30. The molecule has 0 radical (unpaired) electrons. The van der Waals surface area contributed by atoms with Crippen molar-refractivity contribution in [1.29, 1.82) is 0 Å². The van der Waals surface area contributed by atoms with E-state index in [2.05, 4.69) is 24.1 Å². The van der Waals surface area contributed by atoms with Crippen LogP contribution >= 0.6 is 0 Å². The van der Waals surface area contributed by atoms with Crippen molar-refractivity contribution >= 4 is 28.5 Å². The Morgan fingerprint density at radius 3 is 2.32 bits per heavy atom. The Morgan fingerprint density at radius 1 is 0.973 bits per heavy atom. The second kappa shape index (κ2) is 10.2. The van der Waals surface area contributed by atoms with Gasteiger partial charge in [-0.3, -0.25) is 14.2 Å². The minimum Gasteiger partial charge on any atom is -0.337 e. The van der Waals surface area contributed by atoms with Crippen molar-refractivity contribution in [2.45, 2.75) is 58.5 Å². The number of amides is 2. The Morgan fingerprint density at radius 2 is 1.65 bits per heavy atom. The summed E-state index contributed by atoms with van der Waals surface area (Å²) in [5, 5.41) is 2.94. The van der Waals surface area contributed by atoms with E-state index >= 15 is 0 Å². The lowest BCUT2D eigenvalue weighted by Crippen LogP contribution is -2.48. The van der Waals surface area contributed by atoms with Crippen molar-refractivity contribution in [3.8, 4) is 5.69 Å². The molecule has 5 rings (SSSR count). The van der Waals surface area contributed by atoms with E-state index in [1.54, 1.807) is 24.3 Å². The van der Waals surface area contributed by atoms with E-state index in [9.17, 15) is 14.0 Å². The van der Waals surface area contributed by atoms with E-state index in [0.29, 0.717) is 17.7 Å². The van der Waals surface area contributed by atoms with Crippen LogP contribution in [-0.2, 0) is 11.2 Å². The number of anilines is 1. The fourth-order valence-electron chi connectivity index (χ4n) is 5.34. The zero-order chi connectivity index (χ0) is 26.1. The topological polar surface area (TPSA) is 67.2 Å². The van der Waals surface area contributed by atoms with Gasteiger partial charge in [-0.05, 0) is 100 Å². The molecule has 4 aromatic rings. The van der Waals surface area contributed by atoms with Crippen molar-refractivity contribution in [1.82, 2.24) is 14.5 Å². The summed E-state index contributed by atoms with van der Waals surface area (Å²) in [5.41, 5.74) is 4.37. The van der Waals surface area contributed by atoms with E-state index in [1.165, 1.54) is 18.6 Å². The smallest absolute Gasteiger partial charge is 0.255 e. The number of nitrogens with one attached hydrogen (secondary N) is 1. The summed E-state index contributed by atoms with van der Waals surface area (Å²) in [5.74, 6) is 0.346. The number of fused-ring (bicyclic) bond motifs is 1. The number of aromatic nitrogens is 2. The number of carbonyl (C=O) groups is 2. The molecule has 2 atom stereocenters. The number of hydrogen-bond acceptors (Lipinski definition) is 3. The molecule has 37 heavy (non-hydrogen) atoms. The van der Waals surface area contributed by atoms with Gasteiger partial charge >= 0.3 is 0 Å². The summed E-state index contributed by atoms with van der Waals surface area (Å²) in [4.78, 5) is 32.6. The Labute approximate surface area is 216 Å². The van der Waals surface area contributed by atoms with E-state index in [1.807, 2.05) is 46.7 Å². The van der Waals surface area contributed by atoms with Gasteiger partial charge < -0.3 is 10.2 Å². The number of likely N-dealkylation sites (tertiary alicyclic amines) is 1. The van der Waals surface area contributed by atoms with Gasteiger partial charge in [-0.2, -0.15) is 0 Å². The maximum Gasteiger partial charge on any atom is 0.255 e. The number of carbonyl (C=O) groups excluding carboxylic acids is 2. The third-order valence-electron chi connectivity index (χ3n) is 7.22. The van der Waals surface area contributed by atoms with Gasteiger partial charge in [0, 0.05) is 29.0 Å². The fourth-order valence-corrected chi connectivity index (χ4v) is 5.34. The van der Waals surface area contributed by atoms with E-state index in [4.69, 9.17) is 0 Å². The molecule has 1 aromatic heterocycles. The van der Waals surface area contributed by atoms with Crippen molar-refractivity contribution in [3.05, 3.63) is 89.5 Å². The van der Waals surface area contributed by atoms with Crippen molar-refractivity contribution in [2.24, 2.45) is 0 Å². The van der Waals surface area contributed by atoms with Crippen LogP contribution in [-0.4, -0.2) is 38.3 Å². The maximum absolute atomic E-state index is 13.4. The van der Waals surface area contributed by atoms with E-state index < -0.39 is 0 Å². The summed E-state index contributed by atoms with van der Waals surface area (Å²) in [6, 6.07) is 19.5. The first kappa shape index (κ1) is 24.7. The first-order chi connectivity index (χ1) is 17.8. The molecule has 1 N–H and O–H groups in total. The monoisotopic (exact) mass is 498 g/mol. The van der Waals surface area contributed by atoms with Crippen LogP contribution in [0.4, 0.5) is 10.1 Å². The molecule has 0 saturated carbocycles. The van der Waals surface area contributed by atoms with Crippen molar-refractivity contribution < 1.29 is 14.0 Å². The SMILES string of the molecule is Cc1nc2ccc(C(=O)Nc3ccc(CC(=O)N4C(C)CCCC4C)cc3)cc2n1-c1ccc(F)cc1. The molecule has 1 fully saturated rings. The average Bonchev–Trinajstić information content (AvgIpc) is 3.20. The molecule has 6 nitrogen and oxygen atoms in total. The first-order valence-corrected chi connectivity index (χ1v) is 12.8. The van der Waals surface area contributed by atoms with Crippen molar-refractivity contribution in [3.63, 3.8) is 0 Å². The third kappa shape index (κ3) is 5.12. The normalized spacial score (nSPS) is 17.7. The highest BCUT2D eigenvalue weighted by Crippen LogP contribution is 2.25. The molecule has 1 saturated heterocycles. The molecule has 2 amide bonds. The number of piperidine rings is 1. The highest BCUT2D eigenvalue weighted by Gasteiger charge is 2.28. The van der Waals surface area contributed by atoms with Gasteiger partial charge in [0.1, 0.15) is 11.6 Å². The van der Waals surface area contributed by atoms with Gasteiger partial charge in [0.15, 0.2) is 0 Å². The molecular formula is C30H31FN4O2. The molecule has 7 heteroatoms.